The highest BCUT2D eigenvalue weighted by Crippen LogP contribution is 2.29. The van der Waals surface area contributed by atoms with Crippen LogP contribution in [-0.4, -0.2) is 33.1 Å². The van der Waals surface area contributed by atoms with Crippen LogP contribution in [0.4, 0.5) is 13.2 Å². The Kier molecular flexibility index (Phi) is 3.67. The lowest BCUT2D eigenvalue weighted by atomic mass is 10.2. The SMILES string of the molecule is O=C([O-])C1=C(OS(=O)(=O)C(F)(F)F)CCOC1. The van der Waals surface area contributed by atoms with Crippen LogP contribution < -0.4 is 5.11 Å². The van der Waals surface area contributed by atoms with Crippen molar-refractivity contribution in [2.45, 2.75) is 11.9 Å². The van der Waals surface area contributed by atoms with Gasteiger partial charge in [-0.25, -0.2) is 0 Å². The summed E-state index contributed by atoms with van der Waals surface area (Å²) in [6.45, 7) is -0.704. The van der Waals surface area contributed by atoms with Gasteiger partial charge < -0.3 is 18.8 Å². The van der Waals surface area contributed by atoms with Gasteiger partial charge in [0.05, 0.1) is 19.2 Å². The van der Waals surface area contributed by atoms with Crippen LogP contribution in [0.3, 0.4) is 0 Å². The molecule has 0 fully saturated rings. The quantitative estimate of drug-likeness (QED) is 0.498. The predicted octanol–water partition coefficient (Wildman–Crippen LogP) is -0.723. The zero-order valence-corrected chi connectivity index (χ0v) is 8.93. The minimum atomic E-state index is -5.87. The van der Waals surface area contributed by atoms with Gasteiger partial charge in [0.1, 0.15) is 5.76 Å². The van der Waals surface area contributed by atoms with Crippen molar-refractivity contribution in [2.24, 2.45) is 0 Å². The van der Waals surface area contributed by atoms with Gasteiger partial charge in [-0.05, 0) is 0 Å². The Bertz CT molecular complexity index is 449. The second kappa shape index (κ2) is 4.53. The van der Waals surface area contributed by atoms with Crippen molar-refractivity contribution < 1.29 is 40.4 Å². The third kappa shape index (κ3) is 3.09. The molecule has 17 heavy (non-hydrogen) atoms. The van der Waals surface area contributed by atoms with Gasteiger partial charge in [0.25, 0.3) is 0 Å². The van der Waals surface area contributed by atoms with Crippen LogP contribution in [0.2, 0.25) is 0 Å². The zero-order chi connectivity index (χ0) is 13.3. The molecule has 0 saturated heterocycles. The highest BCUT2D eigenvalue weighted by molar-refractivity contribution is 7.87. The molecule has 0 unspecified atom stereocenters. The smallest absolute Gasteiger partial charge is 0.534 e. The Morgan fingerprint density at radius 3 is 2.47 bits per heavy atom. The number of ether oxygens (including phenoxy) is 1. The molecule has 0 aliphatic carbocycles. The summed E-state index contributed by atoms with van der Waals surface area (Å²) in [7, 11) is -5.87. The second-order valence-corrected chi connectivity index (χ2v) is 4.51. The first-order chi connectivity index (χ1) is 7.65. The van der Waals surface area contributed by atoms with Crippen LogP contribution in [0.1, 0.15) is 6.42 Å². The van der Waals surface area contributed by atoms with Gasteiger partial charge in [0.2, 0.25) is 0 Å². The molecule has 0 amide bonds. The fourth-order valence-corrected chi connectivity index (χ4v) is 1.56. The lowest BCUT2D eigenvalue weighted by Gasteiger charge is -2.21. The van der Waals surface area contributed by atoms with E-state index in [1.165, 1.54) is 0 Å². The van der Waals surface area contributed by atoms with Gasteiger partial charge in [0, 0.05) is 12.0 Å². The number of halogens is 3. The molecule has 10 heteroatoms. The Balaban J connectivity index is 3.05. The third-order valence-corrected chi connectivity index (χ3v) is 2.78. The molecular formula is C7H6F3O6S-. The maximum Gasteiger partial charge on any atom is 0.534 e. The Hall–Kier alpha value is -1.29. The summed E-state index contributed by atoms with van der Waals surface area (Å²) in [5.41, 5.74) is -6.36. The number of rotatable bonds is 3. The van der Waals surface area contributed by atoms with Gasteiger partial charge >= 0.3 is 15.6 Å². The number of aliphatic carboxylic acids is 1. The molecule has 1 aliphatic heterocycles. The molecule has 1 rings (SSSR count). The molecular weight excluding hydrogens is 269 g/mol. The predicted molar refractivity (Wildman–Crippen MR) is 43.5 cm³/mol. The molecule has 0 radical (unpaired) electrons. The molecule has 0 atom stereocenters. The van der Waals surface area contributed by atoms with Gasteiger partial charge in [-0.3, -0.25) is 0 Å². The Morgan fingerprint density at radius 2 is 2.00 bits per heavy atom. The summed E-state index contributed by atoms with van der Waals surface area (Å²) >= 11 is 0. The summed E-state index contributed by atoms with van der Waals surface area (Å²) < 4.78 is 65.6. The highest BCUT2D eigenvalue weighted by atomic mass is 32.2. The summed E-state index contributed by atoms with van der Waals surface area (Å²) in [6.07, 6.45) is -0.390. The maximum absolute atomic E-state index is 12.0. The monoisotopic (exact) mass is 275 g/mol. The fourth-order valence-electron chi connectivity index (χ4n) is 1.01. The lowest BCUT2D eigenvalue weighted by Crippen LogP contribution is -2.33. The topological polar surface area (TPSA) is 92.7 Å². The second-order valence-electron chi connectivity index (χ2n) is 2.97. The van der Waals surface area contributed by atoms with E-state index in [0.29, 0.717) is 0 Å². The summed E-state index contributed by atoms with van der Waals surface area (Å²) in [5, 5.41) is 10.5. The van der Waals surface area contributed by atoms with Crippen LogP contribution in [0, 0.1) is 0 Å². The molecule has 0 aromatic rings. The number of carboxylic acids is 1. The van der Waals surface area contributed by atoms with E-state index in [2.05, 4.69) is 8.92 Å². The number of hydrogen-bond donors (Lipinski definition) is 0. The van der Waals surface area contributed by atoms with Crippen molar-refractivity contribution in [3.05, 3.63) is 11.3 Å². The first-order valence-electron chi connectivity index (χ1n) is 4.17. The standard InChI is InChI=1S/C7H7F3O6S/c8-7(9,10)17(13,14)16-5-1-2-15-3-4(5)6(11)12/h1-3H2,(H,11,12)/p-1. The number of carboxylic acid groups (broad SMARTS) is 1. The van der Waals surface area contributed by atoms with E-state index < -0.39 is 46.0 Å². The normalized spacial score (nSPS) is 18.1. The molecule has 1 aliphatic rings. The van der Waals surface area contributed by atoms with Gasteiger partial charge in [-0.1, -0.05) is 0 Å². The molecule has 1 heterocycles. The van der Waals surface area contributed by atoms with E-state index in [9.17, 15) is 31.5 Å². The Labute approximate surface area is 93.7 Å². The van der Waals surface area contributed by atoms with E-state index >= 15 is 0 Å². The van der Waals surface area contributed by atoms with E-state index in [0.717, 1.165) is 0 Å². The largest absolute Gasteiger partial charge is 0.545 e. The average molecular weight is 275 g/mol. The number of carbonyl (C=O) groups excluding carboxylic acids is 1. The molecule has 0 aromatic heterocycles. The van der Waals surface area contributed by atoms with Crippen molar-refractivity contribution >= 4 is 16.1 Å². The van der Waals surface area contributed by atoms with Gasteiger partial charge in [-0.2, -0.15) is 21.6 Å². The average Bonchev–Trinajstić information content (AvgIpc) is 2.15. The van der Waals surface area contributed by atoms with Crippen LogP contribution >= 0.6 is 0 Å². The van der Waals surface area contributed by atoms with E-state index in [1.54, 1.807) is 0 Å². The van der Waals surface area contributed by atoms with Crippen molar-refractivity contribution in [1.82, 2.24) is 0 Å². The Morgan fingerprint density at radius 1 is 1.41 bits per heavy atom. The molecule has 6 nitrogen and oxygen atoms in total. The molecule has 0 spiro atoms. The first kappa shape index (κ1) is 13.8. The summed E-state index contributed by atoms with van der Waals surface area (Å²) in [4.78, 5) is 10.5. The van der Waals surface area contributed by atoms with E-state index in [4.69, 9.17) is 0 Å². The number of alkyl halides is 3. The molecule has 0 saturated carbocycles. The van der Waals surface area contributed by atoms with Crippen molar-refractivity contribution in [2.75, 3.05) is 13.2 Å². The van der Waals surface area contributed by atoms with Crippen LogP contribution in [-0.2, 0) is 23.8 Å². The van der Waals surface area contributed by atoms with Crippen LogP contribution in [0.25, 0.3) is 0 Å². The van der Waals surface area contributed by atoms with Gasteiger partial charge in [0.15, 0.2) is 0 Å². The lowest BCUT2D eigenvalue weighted by molar-refractivity contribution is -0.300. The minimum Gasteiger partial charge on any atom is -0.545 e. The molecule has 0 aromatic carbocycles. The highest BCUT2D eigenvalue weighted by Gasteiger charge is 2.49. The maximum atomic E-state index is 12.0. The molecule has 0 bridgehead atoms. The molecule has 98 valence electrons. The number of carbonyl (C=O) groups is 1. The summed E-state index contributed by atoms with van der Waals surface area (Å²) in [6, 6.07) is 0. The van der Waals surface area contributed by atoms with Crippen molar-refractivity contribution in [3.8, 4) is 0 Å². The summed E-state index contributed by atoms with van der Waals surface area (Å²) in [5.74, 6) is -2.65. The van der Waals surface area contributed by atoms with E-state index in [-0.39, 0.29) is 6.61 Å². The number of hydrogen-bond acceptors (Lipinski definition) is 6. The zero-order valence-electron chi connectivity index (χ0n) is 8.11. The van der Waals surface area contributed by atoms with Gasteiger partial charge in [-0.15, -0.1) is 0 Å². The first-order valence-corrected chi connectivity index (χ1v) is 5.58. The fraction of sp³-hybridized carbons (Fsp3) is 0.571. The van der Waals surface area contributed by atoms with Crippen molar-refractivity contribution in [3.63, 3.8) is 0 Å². The van der Waals surface area contributed by atoms with Crippen LogP contribution in [0.5, 0.6) is 0 Å². The third-order valence-electron chi connectivity index (χ3n) is 1.80. The molecule has 0 N–H and O–H groups in total. The minimum absolute atomic E-state index is 0.139. The van der Waals surface area contributed by atoms with Crippen LogP contribution in [0.15, 0.2) is 11.3 Å². The van der Waals surface area contributed by atoms with Crippen molar-refractivity contribution in [1.29, 1.82) is 0 Å². The van der Waals surface area contributed by atoms with E-state index in [1.807, 2.05) is 0 Å².